The molecular formula is C9H4BrF5N2S. The number of thiazole rings is 1. The Morgan fingerprint density at radius 3 is 2.44 bits per heavy atom. The molecule has 0 N–H and O–H groups in total. The molecule has 0 bridgehead atoms. The van der Waals surface area contributed by atoms with Crippen LogP contribution in [0.3, 0.4) is 0 Å². The topological polar surface area (TPSA) is 25.8 Å². The van der Waals surface area contributed by atoms with Gasteiger partial charge in [0, 0.05) is 6.20 Å². The van der Waals surface area contributed by atoms with Crippen molar-refractivity contribution in [2.45, 2.75) is 17.4 Å². The number of aromatic nitrogens is 2. The zero-order chi connectivity index (χ0) is 13.6. The Morgan fingerprint density at radius 1 is 1.22 bits per heavy atom. The second kappa shape index (κ2) is 4.37. The van der Waals surface area contributed by atoms with Crippen molar-refractivity contribution in [1.29, 1.82) is 0 Å². The van der Waals surface area contributed by atoms with Crippen molar-refractivity contribution in [2.75, 3.05) is 0 Å². The Hall–Kier alpha value is -0.830. The molecule has 2 nitrogen and oxygen atoms in total. The maximum atomic E-state index is 13.1. The first-order chi connectivity index (χ1) is 8.25. The third-order valence-electron chi connectivity index (χ3n) is 2.12. The molecular weight excluding hydrogens is 343 g/mol. The molecule has 98 valence electrons. The second-order valence-electron chi connectivity index (χ2n) is 3.36. The van der Waals surface area contributed by atoms with E-state index in [1.807, 2.05) is 0 Å². The van der Waals surface area contributed by atoms with E-state index >= 15 is 0 Å². The van der Waals surface area contributed by atoms with E-state index in [9.17, 15) is 22.0 Å². The lowest BCUT2D eigenvalue weighted by Gasteiger charge is -2.19. The highest BCUT2D eigenvalue weighted by Gasteiger charge is 2.59. The van der Waals surface area contributed by atoms with Crippen molar-refractivity contribution in [3.8, 4) is 0 Å². The first-order valence-corrected chi connectivity index (χ1v) is 6.46. The third kappa shape index (κ3) is 2.20. The number of pyridine rings is 1. The predicted molar refractivity (Wildman–Crippen MR) is 60.0 cm³/mol. The molecule has 0 unspecified atom stereocenters. The maximum absolute atomic E-state index is 13.1. The Morgan fingerprint density at radius 2 is 1.89 bits per heavy atom. The van der Waals surface area contributed by atoms with Crippen molar-refractivity contribution < 1.29 is 22.0 Å². The average Bonchev–Trinajstić information content (AvgIpc) is 2.68. The van der Waals surface area contributed by atoms with Gasteiger partial charge in [-0.1, -0.05) is 27.3 Å². The highest BCUT2D eigenvalue weighted by Crippen LogP contribution is 2.44. The molecule has 2 aromatic rings. The van der Waals surface area contributed by atoms with Crippen LogP contribution in [-0.4, -0.2) is 16.1 Å². The smallest absolute Gasteiger partial charge is 0.243 e. The van der Waals surface area contributed by atoms with Crippen LogP contribution in [0.5, 0.6) is 0 Å². The van der Waals surface area contributed by atoms with Crippen LogP contribution < -0.4 is 0 Å². The largest absolute Gasteiger partial charge is 0.458 e. The summed E-state index contributed by atoms with van der Waals surface area (Å²) in [5.74, 6) is -4.92. The van der Waals surface area contributed by atoms with Crippen molar-refractivity contribution in [3.63, 3.8) is 0 Å². The molecule has 0 aromatic carbocycles. The average molecular weight is 347 g/mol. The molecule has 0 aliphatic carbocycles. The third-order valence-corrected chi connectivity index (χ3v) is 4.01. The Kier molecular flexibility index (Phi) is 3.30. The summed E-state index contributed by atoms with van der Waals surface area (Å²) in [4.78, 5) is 7.81. The molecule has 0 spiro atoms. The fourth-order valence-corrected chi connectivity index (χ4v) is 2.47. The van der Waals surface area contributed by atoms with E-state index in [0.717, 1.165) is 17.4 Å². The number of hydrogen-bond acceptors (Lipinski definition) is 3. The lowest BCUT2D eigenvalue weighted by Crippen LogP contribution is -2.33. The standard InChI is InChI=1S/C9H4BrF5N2S/c10-2-6-17-5-1-4(3-16-7(5)18-6)8(11,12)9(13,14)15/h1,3H,2H2. The summed E-state index contributed by atoms with van der Waals surface area (Å²) in [5.41, 5.74) is -1.16. The number of fused-ring (bicyclic) bond motifs is 1. The van der Waals surface area contributed by atoms with E-state index in [1.54, 1.807) is 0 Å². The predicted octanol–water partition coefficient (Wildman–Crippen LogP) is 4.24. The number of rotatable bonds is 2. The SMILES string of the molecule is FC(F)(F)C(F)(F)c1cnc2sc(CBr)nc2c1. The molecule has 9 heteroatoms. The zero-order valence-corrected chi connectivity index (χ0v) is 10.8. The fraction of sp³-hybridized carbons (Fsp3) is 0.333. The van der Waals surface area contributed by atoms with Crippen molar-refractivity contribution >= 4 is 37.6 Å². The summed E-state index contributed by atoms with van der Waals surface area (Å²) in [6.07, 6.45) is -5.11. The zero-order valence-electron chi connectivity index (χ0n) is 8.43. The van der Waals surface area contributed by atoms with Gasteiger partial charge in [-0.15, -0.1) is 0 Å². The van der Waals surface area contributed by atoms with Gasteiger partial charge in [0.05, 0.1) is 10.9 Å². The minimum absolute atomic E-state index is 0.0378. The number of halogens is 6. The molecule has 0 aliphatic rings. The lowest BCUT2D eigenvalue weighted by atomic mass is 10.1. The van der Waals surface area contributed by atoms with Crippen LogP contribution in [0.2, 0.25) is 0 Å². The molecule has 0 radical (unpaired) electrons. The van der Waals surface area contributed by atoms with Crippen molar-refractivity contribution in [1.82, 2.24) is 9.97 Å². The first kappa shape index (κ1) is 13.6. The van der Waals surface area contributed by atoms with E-state index in [-0.39, 0.29) is 5.52 Å². The van der Waals surface area contributed by atoms with Crippen molar-refractivity contribution in [3.05, 3.63) is 22.8 Å². The molecule has 0 atom stereocenters. The molecule has 0 fully saturated rings. The van der Waals surface area contributed by atoms with Gasteiger partial charge in [-0.2, -0.15) is 22.0 Å². The summed E-state index contributed by atoms with van der Waals surface area (Å²) in [6.45, 7) is 0. The summed E-state index contributed by atoms with van der Waals surface area (Å²) in [6, 6.07) is 0.721. The minimum Gasteiger partial charge on any atom is -0.243 e. The van der Waals surface area contributed by atoms with Crippen molar-refractivity contribution in [2.24, 2.45) is 0 Å². The first-order valence-electron chi connectivity index (χ1n) is 4.52. The second-order valence-corrected chi connectivity index (χ2v) is 4.98. The minimum atomic E-state index is -5.64. The maximum Gasteiger partial charge on any atom is 0.458 e. The number of nitrogens with zero attached hydrogens (tertiary/aromatic N) is 2. The van der Waals surface area contributed by atoms with E-state index in [1.165, 1.54) is 0 Å². The van der Waals surface area contributed by atoms with Gasteiger partial charge in [0.15, 0.2) is 0 Å². The van der Waals surface area contributed by atoms with Gasteiger partial charge < -0.3 is 0 Å². The summed E-state index contributed by atoms with van der Waals surface area (Å²) >= 11 is 4.25. The van der Waals surface area contributed by atoms with Gasteiger partial charge >= 0.3 is 12.1 Å². The van der Waals surface area contributed by atoms with Crippen LogP contribution in [0.25, 0.3) is 10.3 Å². The van der Waals surface area contributed by atoms with Crippen LogP contribution in [0.15, 0.2) is 12.3 Å². The molecule has 0 amide bonds. The normalized spacial score (nSPS) is 13.2. The summed E-state index contributed by atoms with van der Waals surface area (Å²) in [7, 11) is 0. The number of hydrogen-bond donors (Lipinski definition) is 0. The van der Waals surface area contributed by atoms with Crippen LogP contribution in [0.1, 0.15) is 10.6 Å². The van der Waals surface area contributed by atoms with Crippen LogP contribution in [0.4, 0.5) is 22.0 Å². The van der Waals surface area contributed by atoms with E-state index in [4.69, 9.17) is 0 Å². The lowest BCUT2D eigenvalue weighted by molar-refractivity contribution is -0.289. The van der Waals surface area contributed by atoms with E-state index in [2.05, 4.69) is 25.9 Å². The monoisotopic (exact) mass is 346 g/mol. The van der Waals surface area contributed by atoms with Gasteiger partial charge in [0.2, 0.25) is 0 Å². The van der Waals surface area contributed by atoms with Gasteiger partial charge in [-0.3, -0.25) is 0 Å². The van der Waals surface area contributed by atoms with E-state index < -0.39 is 17.7 Å². The quantitative estimate of drug-likeness (QED) is 0.600. The van der Waals surface area contributed by atoms with Gasteiger partial charge in [0.1, 0.15) is 15.4 Å². The van der Waals surface area contributed by atoms with Gasteiger partial charge in [-0.25, -0.2) is 9.97 Å². The Bertz CT molecular complexity index is 580. The molecule has 2 heterocycles. The summed E-state index contributed by atoms with van der Waals surface area (Å²) < 4.78 is 62.7. The Balaban J connectivity index is 2.53. The van der Waals surface area contributed by atoms with Crippen LogP contribution in [0, 0.1) is 0 Å². The highest BCUT2D eigenvalue weighted by molar-refractivity contribution is 9.08. The van der Waals surface area contributed by atoms with E-state index in [0.29, 0.717) is 21.4 Å². The Labute approximate surface area is 110 Å². The molecule has 0 saturated heterocycles. The fourth-order valence-electron chi connectivity index (χ4n) is 1.26. The molecule has 2 rings (SSSR count). The molecule has 0 aliphatic heterocycles. The molecule has 18 heavy (non-hydrogen) atoms. The van der Waals surface area contributed by atoms with Gasteiger partial charge in [0.25, 0.3) is 0 Å². The van der Waals surface area contributed by atoms with Crippen LogP contribution in [-0.2, 0) is 11.3 Å². The van der Waals surface area contributed by atoms with Gasteiger partial charge in [-0.05, 0) is 6.07 Å². The molecule has 0 saturated carbocycles. The van der Waals surface area contributed by atoms with Crippen LogP contribution >= 0.6 is 27.3 Å². The summed E-state index contributed by atoms with van der Waals surface area (Å²) in [5, 5.41) is 0.948. The molecule has 2 aromatic heterocycles. The number of alkyl halides is 6. The highest BCUT2D eigenvalue weighted by atomic mass is 79.9.